The molecule has 0 aliphatic heterocycles. The van der Waals surface area contributed by atoms with Gasteiger partial charge in [0.15, 0.2) is 5.34 Å². The number of hydrogen-bond donors (Lipinski definition) is 1. The lowest BCUT2D eigenvalue weighted by atomic mass is 13.2. The van der Waals surface area contributed by atoms with Crippen LogP contribution < -0.4 is 5.00 Å². The minimum atomic E-state index is 1.51. The second-order valence-electron chi connectivity index (χ2n) is 0.243. The van der Waals surface area contributed by atoms with Crippen molar-refractivity contribution in [3.8, 4) is 0 Å². The first-order valence-electron chi connectivity index (χ1n) is 0.758. The summed E-state index contributed by atoms with van der Waals surface area (Å²) in [6, 6.07) is 0. The highest BCUT2D eigenvalue weighted by Gasteiger charge is 1.61. The molecule has 4 nitrogen and oxygen atoms in total. The molecule has 5 heavy (non-hydrogen) atoms. The first-order valence-corrected chi connectivity index (χ1v) is 1.14. The van der Waals surface area contributed by atoms with E-state index >= 15 is 0 Å². The molecule has 0 fully saturated rings. The van der Waals surface area contributed by atoms with Gasteiger partial charge in [-0.2, -0.15) is 0 Å². The van der Waals surface area contributed by atoms with E-state index in [4.69, 9.17) is 4.91 Å². The van der Waals surface area contributed by atoms with Gasteiger partial charge < -0.3 is 0 Å². The third-order valence-electron chi connectivity index (χ3n) is 0.0718. The molecule has 0 aromatic carbocycles. The molecule has 0 aromatic rings. The predicted molar refractivity (Wildman–Crippen MR) is 15.9 cm³/mol. The van der Waals surface area contributed by atoms with Crippen molar-refractivity contribution in [2.45, 2.75) is 0 Å². The Morgan fingerprint density at radius 2 is 2.60 bits per heavy atom. The molecule has 0 spiro atoms. The molecule has 0 bridgehead atoms. The first-order chi connectivity index (χ1) is 2.41. The number of hydrogen-bond acceptors (Lipinski definition) is 4. The summed E-state index contributed by atoms with van der Waals surface area (Å²) in [5, 5.41) is 1.86. The SMILES string of the molecule is O=NONCl. The monoisotopic (exact) mass is 96.0 g/mol. The molecular formula is HClN2O2. The van der Waals surface area contributed by atoms with Crippen molar-refractivity contribution in [2.24, 2.45) is 5.34 Å². The van der Waals surface area contributed by atoms with Gasteiger partial charge in [-0.1, -0.05) is 0 Å². The number of halogens is 1. The molecular weight excluding hydrogens is 95.5 g/mol. The van der Waals surface area contributed by atoms with Crippen molar-refractivity contribution in [3.05, 3.63) is 4.91 Å². The Morgan fingerprint density at radius 1 is 2.00 bits per heavy atom. The standard InChI is InChI=1S/ClHN2O2/c1-2-5-3-4/h2H. The summed E-state index contributed by atoms with van der Waals surface area (Å²) in [6.45, 7) is 0. The third-order valence-corrected chi connectivity index (χ3v) is 0.141. The lowest BCUT2D eigenvalue weighted by Crippen LogP contribution is -1.89. The summed E-state index contributed by atoms with van der Waals surface area (Å²) in [7, 11) is 0. The van der Waals surface area contributed by atoms with Gasteiger partial charge in [-0.05, 0) is 5.00 Å². The molecule has 1 N–H and O–H groups in total. The Bertz CT molecular complexity index is 28.8. The van der Waals surface area contributed by atoms with Crippen molar-refractivity contribution < 1.29 is 4.94 Å². The van der Waals surface area contributed by atoms with Gasteiger partial charge in [0.25, 0.3) is 0 Å². The third kappa shape index (κ3) is 3.65. The minimum absolute atomic E-state index is 1.51. The minimum Gasteiger partial charge on any atom is -0.247 e. The summed E-state index contributed by atoms with van der Waals surface area (Å²) in [5.74, 6) is 0. The normalized spacial score (nSPS) is 6.60. The summed E-state index contributed by atoms with van der Waals surface area (Å²) in [4.78, 5) is 13.7. The van der Waals surface area contributed by atoms with E-state index in [0.29, 0.717) is 0 Å². The zero-order valence-electron chi connectivity index (χ0n) is 2.14. The summed E-state index contributed by atoms with van der Waals surface area (Å²) >= 11 is 4.54. The fourth-order valence-corrected chi connectivity index (χ4v) is 0.0423. The van der Waals surface area contributed by atoms with E-state index < -0.39 is 0 Å². The zero-order chi connectivity index (χ0) is 4.12. The molecule has 0 amide bonds. The number of nitrogens with one attached hydrogen (secondary N) is 1. The van der Waals surface area contributed by atoms with E-state index in [-0.39, 0.29) is 0 Å². The second-order valence-corrected chi connectivity index (χ2v) is 0.397. The molecule has 5 heteroatoms. The second kappa shape index (κ2) is 3.65. The van der Waals surface area contributed by atoms with Crippen LogP contribution in [0.4, 0.5) is 0 Å². The van der Waals surface area contributed by atoms with Gasteiger partial charge in [0.05, 0.1) is 0 Å². The maximum Gasteiger partial charge on any atom is 0.177 e. The Labute approximate surface area is 33.1 Å². The molecule has 0 atom stereocenters. The van der Waals surface area contributed by atoms with Gasteiger partial charge in [-0.15, -0.1) is 4.91 Å². The number of nitrogens with zero attached hydrogens (tertiary/aromatic N) is 1. The molecule has 0 unspecified atom stereocenters. The fourth-order valence-electron chi connectivity index (χ4n) is 0.0141. The number of rotatable bonds is 2. The summed E-state index contributed by atoms with van der Waals surface area (Å²) in [5.41, 5.74) is 0. The van der Waals surface area contributed by atoms with Crippen LogP contribution in [0.2, 0.25) is 0 Å². The Kier molecular flexibility index (Phi) is 3.39. The van der Waals surface area contributed by atoms with Crippen LogP contribution in [0.1, 0.15) is 0 Å². The molecule has 0 saturated heterocycles. The van der Waals surface area contributed by atoms with Crippen molar-refractivity contribution in [1.29, 1.82) is 0 Å². The van der Waals surface area contributed by atoms with Crippen molar-refractivity contribution in [1.82, 2.24) is 5.00 Å². The Morgan fingerprint density at radius 3 is 2.60 bits per heavy atom. The van der Waals surface area contributed by atoms with Crippen LogP contribution in [0.25, 0.3) is 0 Å². The molecule has 0 aliphatic carbocycles. The highest BCUT2D eigenvalue weighted by Crippen LogP contribution is 1.62. The van der Waals surface area contributed by atoms with Crippen LogP contribution in [-0.4, -0.2) is 0 Å². The molecule has 0 saturated carbocycles. The molecule has 30 valence electrons. The van der Waals surface area contributed by atoms with Gasteiger partial charge in [-0.3, -0.25) is 0 Å². The van der Waals surface area contributed by atoms with Crippen LogP contribution in [0.3, 0.4) is 0 Å². The quantitative estimate of drug-likeness (QED) is 0.306. The van der Waals surface area contributed by atoms with Crippen LogP contribution in [0.15, 0.2) is 5.34 Å². The van der Waals surface area contributed by atoms with Crippen LogP contribution >= 0.6 is 11.8 Å². The lowest BCUT2D eigenvalue weighted by molar-refractivity contribution is 0.0996. The maximum absolute atomic E-state index is 8.79. The zero-order valence-corrected chi connectivity index (χ0v) is 2.90. The topological polar surface area (TPSA) is 50.7 Å². The van der Waals surface area contributed by atoms with Gasteiger partial charge in [0, 0.05) is 11.8 Å². The van der Waals surface area contributed by atoms with E-state index in [0.717, 1.165) is 0 Å². The van der Waals surface area contributed by atoms with Gasteiger partial charge >= 0.3 is 0 Å². The van der Waals surface area contributed by atoms with E-state index in [9.17, 15) is 0 Å². The van der Waals surface area contributed by atoms with Crippen molar-refractivity contribution >= 4 is 11.8 Å². The Hall–Kier alpha value is -0.350. The summed E-state index contributed by atoms with van der Waals surface area (Å²) in [6.07, 6.45) is 0. The largest absolute Gasteiger partial charge is 0.247 e. The van der Waals surface area contributed by atoms with Gasteiger partial charge in [-0.25, -0.2) is 4.94 Å². The highest BCUT2D eigenvalue weighted by atomic mass is 35.5. The molecule has 0 aromatic heterocycles. The lowest BCUT2D eigenvalue weighted by Gasteiger charge is -1.74. The van der Waals surface area contributed by atoms with E-state index in [2.05, 4.69) is 16.7 Å². The first kappa shape index (κ1) is 4.65. The smallest absolute Gasteiger partial charge is 0.177 e. The molecule has 0 heterocycles. The highest BCUT2D eigenvalue weighted by molar-refractivity contribution is 6.12. The van der Waals surface area contributed by atoms with E-state index in [1.54, 1.807) is 0 Å². The maximum atomic E-state index is 8.79. The fraction of sp³-hybridized carbons (Fsp3) is 0. The summed E-state index contributed by atoms with van der Waals surface area (Å²) < 4.78 is 0. The Balaban J connectivity index is 2.40. The molecule has 0 aliphatic rings. The van der Waals surface area contributed by atoms with Gasteiger partial charge in [0.1, 0.15) is 0 Å². The molecule has 0 rings (SSSR count). The molecule has 0 radical (unpaired) electrons. The predicted octanol–water partition coefficient (Wildman–Crippen LogP) is 0.343. The average Bonchev–Trinajstić information content (AvgIpc) is 1.41. The van der Waals surface area contributed by atoms with Crippen LogP contribution in [0, 0.1) is 4.91 Å². The van der Waals surface area contributed by atoms with Crippen molar-refractivity contribution in [2.75, 3.05) is 0 Å². The van der Waals surface area contributed by atoms with Gasteiger partial charge in [0.2, 0.25) is 0 Å². The van der Waals surface area contributed by atoms with Crippen LogP contribution in [-0.2, 0) is 4.94 Å². The van der Waals surface area contributed by atoms with E-state index in [1.807, 2.05) is 5.34 Å². The van der Waals surface area contributed by atoms with Crippen molar-refractivity contribution in [3.63, 3.8) is 0 Å². The average molecular weight is 96.5 g/mol. The van der Waals surface area contributed by atoms with E-state index in [1.165, 1.54) is 5.00 Å². The van der Waals surface area contributed by atoms with Crippen LogP contribution in [0.5, 0.6) is 0 Å².